The summed E-state index contributed by atoms with van der Waals surface area (Å²) in [5, 5.41) is 5.86. The Kier molecular flexibility index (Phi) is 3.38. The monoisotopic (exact) mass is 237 g/mol. The van der Waals surface area contributed by atoms with Gasteiger partial charge in [-0.2, -0.15) is 4.39 Å². The van der Waals surface area contributed by atoms with Crippen molar-refractivity contribution in [3.8, 4) is 0 Å². The molecular weight excluding hydrogens is 221 g/mol. The average Bonchev–Trinajstić information content (AvgIpc) is 2.30. The van der Waals surface area contributed by atoms with Crippen molar-refractivity contribution in [2.24, 2.45) is 5.41 Å². The van der Waals surface area contributed by atoms with Crippen molar-refractivity contribution in [2.75, 3.05) is 18.4 Å². The highest BCUT2D eigenvalue weighted by atomic mass is 19.1. The number of hydrogen-bond acceptors (Lipinski definition) is 3. The zero-order chi connectivity index (χ0) is 12.3. The second-order valence-corrected chi connectivity index (χ2v) is 4.64. The third-order valence-electron chi connectivity index (χ3n) is 3.10. The molecule has 1 atom stereocenters. The Balaban J connectivity index is 2.05. The van der Waals surface area contributed by atoms with Crippen LogP contribution in [0.25, 0.3) is 0 Å². The average molecular weight is 237 g/mol. The second-order valence-electron chi connectivity index (χ2n) is 4.64. The molecule has 1 amide bonds. The van der Waals surface area contributed by atoms with E-state index in [1.807, 2.05) is 6.92 Å². The lowest BCUT2D eigenvalue weighted by atomic mass is 9.82. The van der Waals surface area contributed by atoms with Gasteiger partial charge in [0.05, 0.1) is 5.41 Å². The van der Waals surface area contributed by atoms with E-state index in [0.29, 0.717) is 6.54 Å². The summed E-state index contributed by atoms with van der Waals surface area (Å²) in [6, 6.07) is 4.36. The molecule has 4 nitrogen and oxygen atoms in total. The van der Waals surface area contributed by atoms with Crippen molar-refractivity contribution in [3.05, 3.63) is 24.1 Å². The summed E-state index contributed by atoms with van der Waals surface area (Å²) in [6.45, 7) is 3.50. The fourth-order valence-electron chi connectivity index (χ4n) is 2.00. The molecule has 0 bridgehead atoms. The van der Waals surface area contributed by atoms with Gasteiger partial charge in [-0.25, -0.2) is 4.98 Å². The summed E-state index contributed by atoms with van der Waals surface area (Å²) in [6.07, 6.45) is 1.81. The van der Waals surface area contributed by atoms with Gasteiger partial charge in [-0.05, 0) is 38.4 Å². The first-order valence-corrected chi connectivity index (χ1v) is 5.75. The van der Waals surface area contributed by atoms with Gasteiger partial charge in [-0.15, -0.1) is 0 Å². The highest BCUT2D eigenvalue weighted by molar-refractivity contribution is 5.94. The molecular formula is C12H16FN3O. The van der Waals surface area contributed by atoms with E-state index in [4.69, 9.17) is 0 Å². The minimum Gasteiger partial charge on any atom is -0.316 e. The van der Waals surface area contributed by atoms with Crippen molar-refractivity contribution >= 4 is 11.7 Å². The fraction of sp³-hybridized carbons (Fsp3) is 0.500. The molecule has 0 aliphatic carbocycles. The van der Waals surface area contributed by atoms with Crippen LogP contribution in [0.4, 0.5) is 10.2 Å². The number of rotatable bonds is 2. The minimum atomic E-state index is -0.588. The number of piperidine rings is 1. The summed E-state index contributed by atoms with van der Waals surface area (Å²) < 4.78 is 12.9. The first kappa shape index (κ1) is 12.0. The van der Waals surface area contributed by atoms with Gasteiger partial charge in [-0.1, -0.05) is 6.07 Å². The van der Waals surface area contributed by atoms with E-state index in [1.165, 1.54) is 12.1 Å². The van der Waals surface area contributed by atoms with Crippen molar-refractivity contribution in [1.82, 2.24) is 10.3 Å². The van der Waals surface area contributed by atoms with Crippen LogP contribution in [0.3, 0.4) is 0 Å². The molecule has 0 spiro atoms. The van der Waals surface area contributed by atoms with Crippen LogP contribution < -0.4 is 10.6 Å². The second kappa shape index (κ2) is 4.79. The molecule has 0 radical (unpaired) electrons. The molecule has 1 fully saturated rings. The molecule has 1 saturated heterocycles. The first-order valence-electron chi connectivity index (χ1n) is 5.75. The van der Waals surface area contributed by atoms with Crippen molar-refractivity contribution < 1.29 is 9.18 Å². The molecule has 1 aromatic rings. The number of nitrogens with zero attached hydrogens (tertiary/aromatic N) is 1. The molecule has 17 heavy (non-hydrogen) atoms. The summed E-state index contributed by atoms with van der Waals surface area (Å²) in [5.74, 6) is -0.431. The molecule has 92 valence electrons. The van der Waals surface area contributed by atoms with Gasteiger partial charge in [0.1, 0.15) is 5.82 Å². The third kappa shape index (κ3) is 2.79. The van der Waals surface area contributed by atoms with E-state index < -0.39 is 11.4 Å². The Morgan fingerprint density at radius 2 is 2.41 bits per heavy atom. The Morgan fingerprint density at radius 3 is 3.06 bits per heavy atom. The lowest BCUT2D eigenvalue weighted by molar-refractivity contribution is -0.125. The lowest BCUT2D eigenvalue weighted by Gasteiger charge is -2.32. The molecule has 2 heterocycles. The SMILES string of the molecule is CC1(C(=O)Nc2cccc(F)n2)CCCNC1. The summed E-state index contributed by atoms with van der Waals surface area (Å²) in [7, 11) is 0. The van der Waals surface area contributed by atoms with Crippen LogP contribution in [0.1, 0.15) is 19.8 Å². The van der Waals surface area contributed by atoms with Gasteiger partial charge in [0.25, 0.3) is 0 Å². The molecule has 1 aliphatic heterocycles. The Labute approximate surface area is 99.6 Å². The number of nitrogens with one attached hydrogen (secondary N) is 2. The number of hydrogen-bond donors (Lipinski definition) is 2. The molecule has 0 saturated carbocycles. The Morgan fingerprint density at radius 1 is 1.59 bits per heavy atom. The van der Waals surface area contributed by atoms with Crippen LogP contribution in [0, 0.1) is 11.4 Å². The van der Waals surface area contributed by atoms with Gasteiger partial charge in [0, 0.05) is 6.54 Å². The number of carbonyl (C=O) groups excluding carboxylic acids is 1. The smallest absolute Gasteiger partial charge is 0.232 e. The largest absolute Gasteiger partial charge is 0.316 e. The summed E-state index contributed by atoms with van der Waals surface area (Å²) >= 11 is 0. The predicted molar refractivity (Wildman–Crippen MR) is 63.0 cm³/mol. The fourth-order valence-corrected chi connectivity index (χ4v) is 2.00. The predicted octanol–water partition coefficient (Wildman–Crippen LogP) is 1.55. The van der Waals surface area contributed by atoms with E-state index in [-0.39, 0.29) is 11.7 Å². The molecule has 5 heteroatoms. The molecule has 1 aromatic heterocycles. The Bertz CT molecular complexity index is 416. The van der Waals surface area contributed by atoms with E-state index in [1.54, 1.807) is 6.07 Å². The van der Waals surface area contributed by atoms with Crippen LogP contribution >= 0.6 is 0 Å². The van der Waals surface area contributed by atoms with Crippen LogP contribution in [-0.4, -0.2) is 24.0 Å². The topological polar surface area (TPSA) is 54.0 Å². The van der Waals surface area contributed by atoms with E-state index in [2.05, 4.69) is 15.6 Å². The number of pyridine rings is 1. The maximum absolute atomic E-state index is 12.9. The van der Waals surface area contributed by atoms with Crippen molar-refractivity contribution in [1.29, 1.82) is 0 Å². The minimum absolute atomic E-state index is 0.109. The van der Waals surface area contributed by atoms with Gasteiger partial charge < -0.3 is 10.6 Å². The van der Waals surface area contributed by atoms with Crippen molar-refractivity contribution in [3.63, 3.8) is 0 Å². The maximum Gasteiger partial charge on any atom is 0.232 e. The lowest BCUT2D eigenvalue weighted by Crippen LogP contribution is -2.46. The highest BCUT2D eigenvalue weighted by Crippen LogP contribution is 2.26. The van der Waals surface area contributed by atoms with Gasteiger partial charge in [0.15, 0.2) is 0 Å². The van der Waals surface area contributed by atoms with Crippen LogP contribution in [0.15, 0.2) is 18.2 Å². The zero-order valence-corrected chi connectivity index (χ0v) is 9.79. The standard InChI is InChI=1S/C12H16FN3O/c1-12(6-3-7-14-8-12)11(17)16-10-5-2-4-9(13)15-10/h2,4-5,14H,3,6-8H2,1H3,(H,15,16,17). The Hall–Kier alpha value is -1.49. The summed E-state index contributed by atoms with van der Waals surface area (Å²) in [5.41, 5.74) is -0.438. The van der Waals surface area contributed by atoms with Crippen LogP contribution in [0.5, 0.6) is 0 Å². The molecule has 0 aromatic carbocycles. The normalized spacial score (nSPS) is 24.4. The van der Waals surface area contributed by atoms with Crippen LogP contribution in [-0.2, 0) is 4.79 Å². The summed E-state index contributed by atoms with van der Waals surface area (Å²) in [4.78, 5) is 15.7. The van der Waals surface area contributed by atoms with Gasteiger partial charge >= 0.3 is 0 Å². The quantitative estimate of drug-likeness (QED) is 0.767. The van der Waals surface area contributed by atoms with Crippen molar-refractivity contribution in [2.45, 2.75) is 19.8 Å². The number of anilines is 1. The van der Waals surface area contributed by atoms with E-state index >= 15 is 0 Å². The molecule has 2 N–H and O–H groups in total. The molecule has 1 unspecified atom stereocenters. The number of carbonyl (C=O) groups is 1. The van der Waals surface area contributed by atoms with Gasteiger partial charge in [-0.3, -0.25) is 4.79 Å². The maximum atomic E-state index is 12.9. The highest BCUT2D eigenvalue weighted by Gasteiger charge is 2.34. The number of halogens is 1. The number of aromatic nitrogens is 1. The van der Waals surface area contributed by atoms with E-state index in [0.717, 1.165) is 19.4 Å². The van der Waals surface area contributed by atoms with E-state index in [9.17, 15) is 9.18 Å². The van der Waals surface area contributed by atoms with Crippen LogP contribution in [0.2, 0.25) is 0 Å². The molecule has 1 aliphatic rings. The number of amides is 1. The zero-order valence-electron chi connectivity index (χ0n) is 9.79. The first-order chi connectivity index (χ1) is 8.10. The third-order valence-corrected chi connectivity index (χ3v) is 3.10. The van der Waals surface area contributed by atoms with Gasteiger partial charge in [0.2, 0.25) is 11.9 Å². The molecule has 2 rings (SSSR count).